The maximum Gasteiger partial charge on any atom is 0.175 e. The van der Waals surface area contributed by atoms with Gasteiger partial charge in [-0.1, -0.05) is 18.9 Å². The van der Waals surface area contributed by atoms with Crippen molar-refractivity contribution in [3.8, 4) is 5.75 Å². The van der Waals surface area contributed by atoms with Crippen LogP contribution < -0.4 is 5.32 Å². The van der Waals surface area contributed by atoms with Crippen molar-refractivity contribution in [2.45, 2.75) is 64.3 Å². The number of hydrogen-bond acceptors (Lipinski definition) is 7. The second-order valence-corrected chi connectivity index (χ2v) is 9.55. The minimum Gasteiger partial charge on any atom is -0.511 e. The zero-order valence-electron chi connectivity index (χ0n) is 18.4. The molecule has 172 valence electrons. The number of carbonyl (C=O) groups excluding carboxylic acids is 3. The molecule has 0 spiro atoms. The molecule has 0 aliphatic heterocycles. The van der Waals surface area contributed by atoms with Gasteiger partial charge in [-0.05, 0) is 56.1 Å². The van der Waals surface area contributed by atoms with Crippen LogP contribution >= 0.6 is 0 Å². The van der Waals surface area contributed by atoms with E-state index in [1.54, 1.807) is 0 Å². The number of hydrogen-bond donors (Lipinski definition) is 4. The summed E-state index contributed by atoms with van der Waals surface area (Å²) in [5.41, 5.74) is 1.56. The van der Waals surface area contributed by atoms with E-state index in [2.05, 4.69) is 5.32 Å². The van der Waals surface area contributed by atoms with Crippen LogP contribution in [0, 0.1) is 17.8 Å². The van der Waals surface area contributed by atoms with Crippen molar-refractivity contribution >= 4 is 23.0 Å². The summed E-state index contributed by atoms with van der Waals surface area (Å²) >= 11 is 0. The van der Waals surface area contributed by atoms with Crippen LogP contribution in [-0.2, 0) is 16.0 Å². The first-order chi connectivity index (χ1) is 15.3. The minimum absolute atomic E-state index is 0.0191. The van der Waals surface area contributed by atoms with E-state index in [0.717, 1.165) is 18.4 Å². The Labute approximate surface area is 187 Å². The van der Waals surface area contributed by atoms with Gasteiger partial charge in [0.1, 0.15) is 11.5 Å². The van der Waals surface area contributed by atoms with E-state index in [1.807, 2.05) is 12.1 Å². The fourth-order valence-corrected chi connectivity index (χ4v) is 5.75. The van der Waals surface area contributed by atoms with Gasteiger partial charge in [0.25, 0.3) is 0 Å². The Morgan fingerprint density at radius 3 is 2.47 bits per heavy atom. The normalized spacial score (nSPS) is 26.4. The molecule has 3 unspecified atom stereocenters. The van der Waals surface area contributed by atoms with Crippen LogP contribution in [0.1, 0.15) is 67.8 Å². The monoisotopic (exact) mass is 441 g/mol. The fourth-order valence-electron chi connectivity index (χ4n) is 5.75. The number of phenolic OH excluding ortho intramolecular Hbond substituents is 1. The zero-order chi connectivity index (χ0) is 23.0. The summed E-state index contributed by atoms with van der Waals surface area (Å²) in [5.74, 6) is -2.51. The summed E-state index contributed by atoms with van der Waals surface area (Å²) in [4.78, 5) is 37.3. The lowest BCUT2D eigenvalue weighted by atomic mass is 9.70. The number of fused-ring (bicyclic) bond motifs is 1. The van der Waals surface area contributed by atoms with Gasteiger partial charge in [-0.25, -0.2) is 0 Å². The van der Waals surface area contributed by atoms with Crippen LogP contribution in [0.3, 0.4) is 0 Å². The summed E-state index contributed by atoms with van der Waals surface area (Å²) in [6, 6.07) is 4.04. The van der Waals surface area contributed by atoms with Crippen molar-refractivity contribution in [1.82, 2.24) is 0 Å². The summed E-state index contributed by atoms with van der Waals surface area (Å²) in [6.45, 7) is 0.832. The molecule has 4 N–H and O–H groups in total. The number of aliphatic hydroxyl groups excluding tert-OH is 2. The highest BCUT2D eigenvalue weighted by Crippen LogP contribution is 2.42. The fraction of sp³-hybridized carbons (Fsp3) is 0.560. The summed E-state index contributed by atoms with van der Waals surface area (Å²) in [6.07, 6.45) is 5.88. The van der Waals surface area contributed by atoms with Gasteiger partial charge in [-0.3, -0.25) is 14.4 Å². The third kappa shape index (κ3) is 4.18. The van der Waals surface area contributed by atoms with Crippen LogP contribution in [0.15, 0.2) is 23.5 Å². The zero-order valence-corrected chi connectivity index (χ0v) is 18.4. The molecule has 0 radical (unpaired) electrons. The number of phenols is 1. The molecular weight excluding hydrogens is 410 g/mol. The van der Waals surface area contributed by atoms with Gasteiger partial charge in [-0.15, -0.1) is 0 Å². The van der Waals surface area contributed by atoms with Crippen LogP contribution in [0.25, 0.3) is 0 Å². The van der Waals surface area contributed by atoms with Gasteiger partial charge in [0.2, 0.25) is 0 Å². The van der Waals surface area contributed by atoms with Gasteiger partial charge in [0.15, 0.2) is 17.3 Å². The topological polar surface area (TPSA) is 124 Å². The molecule has 3 atom stereocenters. The molecule has 1 aromatic rings. The van der Waals surface area contributed by atoms with Crippen molar-refractivity contribution in [1.29, 1.82) is 0 Å². The first-order valence-corrected chi connectivity index (χ1v) is 11.5. The average Bonchev–Trinajstić information content (AvgIpc) is 3.23. The largest absolute Gasteiger partial charge is 0.511 e. The number of allylic oxidation sites excluding steroid dienone is 2. The van der Waals surface area contributed by atoms with Crippen molar-refractivity contribution < 1.29 is 29.7 Å². The maximum absolute atomic E-state index is 13.0. The van der Waals surface area contributed by atoms with E-state index >= 15 is 0 Å². The molecule has 0 bridgehead atoms. The van der Waals surface area contributed by atoms with E-state index < -0.39 is 24.1 Å². The third-order valence-corrected chi connectivity index (χ3v) is 7.32. The molecule has 3 aliphatic carbocycles. The minimum atomic E-state index is -0.757. The number of ketones is 3. The Morgan fingerprint density at radius 1 is 1.09 bits per heavy atom. The van der Waals surface area contributed by atoms with Crippen molar-refractivity contribution in [2.24, 2.45) is 17.8 Å². The summed E-state index contributed by atoms with van der Waals surface area (Å²) < 4.78 is 0. The number of aromatic hydroxyl groups is 1. The lowest BCUT2D eigenvalue weighted by Gasteiger charge is -2.34. The van der Waals surface area contributed by atoms with E-state index in [9.17, 15) is 29.7 Å². The lowest BCUT2D eigenvalue weighted by Crippen LogP contribution is -2.37. The van der Waals surface area contributed by atoms with E-state index in [4.69, 9.17) is 0 Å². The average molecular weight is 442 g/mol. The molecule has 0 amide bonds. The highest BCUT2D eigenvalue weighted by Gasteiger charge is 2.40. The van der Waals surface area contributed by atoms with Crippen LogP contribution in [0.2, 0.25) is 0 Å². The van der Waals surface area contributed by atoms with Gasteiger partial charge in [0.05, 0.1) is 23.4 Å². The Kier molecular flexibility index (Phi) is 6.38. The number of aliphatic hydroxyl groups is 2. The Hall–Kier alpha value is -2.67. The first kappa shape index (κ1) is 22.5. The second kappa shape index (κ2) is 9.06. The molecule has 7 heteroatoms. The number of nitrogens with one attached hydrogen (secondary N) is 1. The van der Waals surface area contributed by atoms with Crippen molar-refractivity contribution in [3.63, 3.8) is 0 Å². The molecule has 1 aromatic carbocycles. The van der Waals surface area contributed by atoms with Crippen LogP contribution in [0.4, 0.5) is 5.69 Å². The quantitative estimate of drug-likeness (QED) is 0.393. The summed E-state index contributed by atoms with van der Waals surface area (Å²) in [7, 11) is 0. The van der Waals surface area contributed by atoms with E-state index in [-0.39, 0.29) is 47.5 Å². The van der Waals surface area contributed by atoms with Crippen molar-refractivity contribution in [3.05, 3.63) is 34.6 Å². The molecule has 1 saturated carbocycles. The molecule has 7 nitrogen and oxygen atoms in total. The number of rotatable bonds is 6. The predicted octanol–water partition coefficient (Wildman–Crippen LogP) is 3.48. The molecule has 0 heterocycles. The van der Waals surface area contributed by atoms with Gasteiger partial charge in [-0.2, -0.15) is 0 Å². The summed E-state index contributed by atoms with van der Waals surface area (Å²) in [5, 5.41) is 34.2. The molecule has 1 fully saturated rings. The van der Waals surface area contributed by atoms with E-state index in [1.165, 1.54) is 19.8 Å². The number of Topliss-reactive ketones (excluding diaryl/α,β-unsaturated/α-hetero) is 3. The first-order valence-electron chi connectivity index (χ1n) is 11.5. The van der Waals surface area contributed by atoms with Gasteiger partial charge < -0.3 is 20.6 Å². The maximum atomic E-state index is 13.0. The van der Waals surface area contributed by atoms with Crippen molar-refractivity contribution in [2.75, 3.05) is 11.9 Å². The number of carbonyl (C=O) groups is 3. The molecule has 3 aliphatic rings. The molecule has 4 rings (SSSR count). The standard InChI is InChI=1S/C25H31NO6/c1-13(28)22-21(30)11-16(18(12-27)24(22)31)9-14-8-15-6-7-19(26-17-4-2-3-5-17)25(32)23(15)20(29)10-14/h6-7,14,16-18,26-27,30,32H,2-5,8-12H2,1H3. The Bertz CT molecular complexity index is 975. The highest BCUT2D eigenvalue weighted by molar-refractivity contribution is 6.21. The highest BCUT2D eigenvalue weighted by atomic mass is 16.3. The van der Waals surface area contributed by atoms with Gasteiger partial charge >= 0.3 is 0 Å². The second-order valence-electron chi connectivity index (χ2n) is 9.55. The number of benzene rings is 1. The predicted molar refractivity (Wildman–Crippen MR) is 119 cm³/mol. The van der Waals surface area contributed by atoms with E-state index in [0.29, 0.717) is 30.1 Å². The molecule has 32 heavy (non-hydrogen) atoms. The smallest absolute Gasteiger partial charge is 0.175 e. The molecular formula is C25H31NO6. The SMILES string of the molecule is CC(=O)C1=C(O)CC(CC2CC(=O)c3c(ccc(NC4CCCC4)c3O)C2)C(CO)C1=O. The van der Waals surface area contributed by atoms with Crippen LogP contribution in [0.5, 0.6) is 5.75 Å². The number of anilines is 1. The Morgan fingerprint density at radius 2 is 1.81 bits per heavy atom. The van der Waals surface area contributed by atoms with Crippen LogP contribution in [-0.4, -0.2) is 45.3 Å². The third-order valence-electron chi connectivity index (χ3n) is 7.32. The Balaban J connectivity index is 1.51. The molecule has 0 aromatic heterocycles. The lowest BCUT2D eigenvalue weighted by molar-refractivity contribution is -0.127. The van der Waals surface area contributed by atoms with Gasteiger partial charge in [0, 0.05) is 24.8 Å². The molecule has 0 saturated heterocycles.